The third-order valence-corrected chi connectivity index (χ3v) is 3.89. The maximum absolute atomic E-state index is 12.1. The second-order valence-electron chi connectivity index (χ2n) is 5.58. The largest absolute Gasteiger partial charge is 0.479 e. The van der Waals surface area contributed by atoms with Crippen LogP contribution in [0.2, 0.25) is 0 Å². The molecule has 1 saturated carbocycles. The molecule has 1 aliphatic carbocycles. The molecule has 7 nitrogen and oxygen atoms in total. The van der Waals surface area contributed by atoms with Crippen LogP contribution in [0.3, 0.4) is 0 Å². The van der Waals surface area contributed by atoms with E-state index in [1.165, 1.54) is 0 Å². The number of nitrogens with zero attached hydrogens (tertiary/aromatic N) is 3. The molecule has 1 aromatic heterocycles. The number of hydrogen-bond acceptors (Lipinski definition) is 4. The van der Waals surface area contributed by atoms with E-state index in [1.807, 2.05) is 13.1 Å². The van der Waals surface area contributed by atoms with Crippen LogP contribution in [0.1, 0.15) is 37.8 Å². The van der Waals surface area contributed by atoms with Crippen LogP contribution in [-0.2, 0) is 20.9 Å². The quantitative estimate of drug-likeness (QED) is 0.868. The van der Waals surface area contributed by atoms with Gasteiger partial charge in [0.05, 0.1) is 12.2 Å². The monoisotopic (exact) mass is 293 g/mol. The van der Waals surface area contributed by atoms with E-state index in [1.54, 1.807) is 15.8 Å². The van der Waals surface area contributed by atoms with Gasteiger partial charge in [-0.2, -0.15) is 5.10 Å². The van der Waals surface area contributed by atoms with Gasteiger partial charge in [-0.25, -0.2) is 4.79 Å². The lowest BCUT2D eigenvalue weighted by Gasteiger charge is -2.39. The fourth-order valence-corrected chi connectivity index (χ4v) is 2.84. The highest BCUT2D eigenvalue weighted by Crippen LogP contribution is 2.39. The molecule has 2 unspecified atom stereocenters. The van der Waals surface area contributed by atoms with E-state index in [9.17, 15) is 14.7 Å². The topological polar surface area (TPSA) is 84.7 Å². The number of carboxylic acids is 1. The minimum atomic E-state index is -1.04. The van der Waals surface area contributed by atoms with Crippen molar-refractivity contribution in [3.8, 4) is 0 Å². The van der Waals surface area contributed by atoms with Crippen molar-refractivity contribution in [2.75, 3.05) is 6.61 Å². The Balaban J connectivity index is 1.93. The highest BCUT2D eigenvalue weighted by Gasteiger charge is 2.48. The van der Waals surface area contributed by atoms with E-state index in [0.717, 1.165) is 31.4 Å². The predicted molar refractivity (Wildman–Crippen MR) is 72.5 cm³/mol. The minimum Gasteiger partial charge on any atom is -0.479 e. The molecule has 21 heavy (non-hydrogen) atoms. The third kappa shape index (κ3) is 2.65. The van der Waals surface area contributed by atoms with Crippen LogP contribution in [0.5, 0.6) is 0 Å². The van der Waals surface area contributed by atoms with Crippen molar-refractivity contribution in [2.24, 2.45) is 0 Å². The van der Waals surface area contributed by atoms with Gasteiger partial charge in [0.1, 0.15) is 6.61 Å². The normalized spacial score (nSPS) is 26.1. The van der Waals surface area contributed by atoms with E-state index in [0.29, 0.717) is 0 Å². The van der Waals surface area contributed by atoms with E-state index >= 15 is 0 Å². The van der Waals surface area contributed by atoms with Gasteiger partial charge >= 0.3 is 5.97 Å². The number of morpholine rings is 1. The molecule has 1 N–H and O–H groups in total. The van der Waals surface area contributed by atoms with Crippen molar-refractivity contribution in [1.82, 2.24) is 14.7 Å². The number of carboxylic acid groups (broad SMARTS) is 1. The first-order valence-electron chi connectivity index (χ1n) is 7.29. The molecule has 114 valence electrons. The molecule has 1 amide bonds. The van der Waals surface area contributed by atoms with Crippen LogP contribution in [-0.4, -0.2) is 50.4 Å². The van der Waals surface area contributed by atoms with Crippen molar-refractivity contribution < 1.29 is 19.4 Å². The Hall–Kier alpha value is -1.89. The number of ether oxygens (including phenoxy) is 1. The number of carbonyl (C=O) groups is 2. The lowest BCUT2D eigenvalue weighted by Crippen LogP contribution is -2.52. The number of rotatable bonds is 5. The minimum absolute atomic E-state index is 0.136. The first kappa shape index (κ1) is 14.1. The summed E-state index contributed by atoms with van der Waals surface area (Å²) in [4.78, 5) is 25.3. The Morgan fingerprint density at radius 1 is 1.52 bits per heavy atom. The van der Waals surface area contributed by atoms with E-state index < -0.39 is 18.1 Å². The molecule has 1 aromatic rings. The first-order valence-corrected chi connectivity index (χ1v) is 7.29. The third-order valence-electron chi connectivity index (χ3n) is 3.89. The molecule has 2 heterocycles. The Labute approximate surface area is 122 Å². The fourth-order valence-electron chi connectivity index (χ4n) is 2.84. The average Bonchev–Trinajstić information content (AvgIpc) is 3.18. The number of carbonyl (C=O) groups excluding carboxylic acids is 1. The molecule has 2 atom stereocenters. The molecular weight excluding hydrogens is 274 g/mol. The molecule has 7 heteroatoms. The summed E-state index contributed by atoms with van der Waals surface area (Å²) in [6.45, 7) is 2.65. The molecular formula is C14H19N3O4. The fraction of sp³-hybridized carbons (Fsp3) is 0.643. The molecule has 1 saturated heterocycles. The number of hydrogen-bond donors (Lipinski definition) is 1. The molecule has 2 fully saturated rings. The van der Waals surface area contributed by atoms with Gasteiger partial charge in [-0.1, -0.05) is 6.92 Å². The van der Waals surface area contributed by atoms with Gasteiger partial charge in [0.25, 0.3) is 0 Å². The van der Waals surface area contributed by atoms with Crippen LogP contribution in [0, 0.1) is 0 Å². The zero-order chi connectivity index (χ0) is 15.0. The van der Waals surface area contributed by atoms with Crippen LogP contribution in [0.4, 0.5) is 0 Å². The van der Waals surface area contributed by atoms with Gasteiger partial charge < -0.3 is 14.7 Å². The highest BCUT2D eigenvalue weighted by atomic mass is 16.5. The molecule has 3 rings (SSSR count). The summed E-state index contributed by atoms with van der Waals surface area (Å²) in [6.07, 6.45) is 5.24. The smallest absolute Gasteiger partial charge is 0.335 e. The molecule has 0 aromatic carbocycles. The molecule has 0 bridgehead atoms. The van der Waals surface area contributed by atoms with Gasteiger partial charge in [0.2, 0.25) is 5.91 Å². The summed E-state index contributed by atoms with van der Waals surface area (Å²) in [7, 11) is 0. The molecule has 2 aliphatic rings. The van der Waals surface area contributed by atoms with E-state index in [-0.39, 0.29) is 18.6 Å². The standard InChI is InChI=1S/C14H19N3O4/c1-2-5-16-7-9(6-15-16)12-13(14(19)20)21-8-11(18)17(12)10-3-4-10/h6-7,10,12-13H,2-5,8H2,1H3,(H,19,20). The van der Waals surface area contributed by atoms with Crippen molar-refractivity contribution in [2.45, 2.75) is 50.9 Å². The lowest BCUT2D eigenvalue weighted by atomic mass is 10.0. The van der Waals surface area contributed by atoms with Gasteiger partial charge in [-0.05, 0) is 19.3 Å². The second kappa shape index (κ2) is 5.48. The Kier molecular flexibility index (Phi) is 3.67. The van der Waals surface area contributed by atoms with Crippen molar-refractivity contribution >= 4 is 11.9 Å². The molecule has 0 radical (unpaired) electrons. The summed E-state index contributed by atoms with van der Waals surface area (Å²) in [6, 6.07) is -0.440. The highest BCUT2D eigenvalue weighted by molar-refractivity contribution is 5.83. The SMILES string of the molecule is CCCn1cc(C2C(C(=O)O)OCC(=O)N2C2CC2)cn1. The summed E-state index contributed by atoms with van der Waals surface area (Å²) in [5.74, 6) is -1.18. The van der Waals surface area contributed by atoms with Crippen LogP contribution in [0.15, 0.2) is 12.4 Å². The summed E-state index contributed by atoms with van der Waals surface area (Å²) >= 11 is 0. The summed E-state index contributed by atoms with van der Waals surface area (Å²) in [5, 5.41) is 13.6. The zero-order valence-corrected chi connectivity index (χ0v) is 11.9. The number of aryl methyl sites for hydroxylation is 1. The van der Waals surface area contributed by atoms with Crippen molar-refractivity contribution in [3.63, 3.8) is 0 Å². The van der Waals surface area contributed by atoms with Crippen LogP contribution in [0.25, 0.3) is 0 Å². The number of amides is 1. The maximum Gasteiger partial charge on any atom is 0.335 e. The molecule has 0 spiro atoms. The van der Waals surface area contributed by atoms with E-state index in [4.69, 9.17) is 4.74 Å². The predicted octanol–water partition coefficient (Wildman–Crippen LogP) is 0.809. The van der Waals surface area contributed by atoms with Gasteiger partial charge in [0, 0.05) is 24.3 Å². The van der Waals surface area contributed by atoms with Gasteiger partial charge in [-0.3, -0.25) is 9.48 Å². The Bertz CT molecular complexity index is 552. The van der Waals surface area contributed by atoms with Gasteiger partial charge in [-0.15, -0.1) is 0 Å². The van der Waals surface area contributed by atoms with Crippen molar-refractivity contribution in [1.29, 1.82) is 0 Å². The summed E-state index contributed by atoms with van der Waals surface area (Å²) in [5.41, 5.74) is 0.732. The van der Waals surface area contributed by atoms with Gasteiger partial charge in [0.15, 0.2) is 6.10 Å². The Morgan fingerprint density at radius 2 is 2.29 bits per heavy atom. The second-order valence-corrected chi connectivity index (χ2v) is 5.58. The van der Waals surface area contributed by atoms with E-state index in [2.05, 4.69) is 5.10 Å². The summed E-state index contributed by atoms with van der Waals surface area (Å²) < 4.78 is 7.04. The molecule has 1 aliphatic heterocycles. The number of aromatic nitrogens is 2. The average molecular weight is 293 g/mol. The van der Waals surface area contributed by atoms with Crippen LogP contribution >= 0.6 is 0 Å². The van der Waals surface area contributed by atoms with Crippen molar-refractivity contribution in [3.05, 3.63) is 18.0 Å². The zero-order valence-electron chi connectivity index (χ0n) is 11.9. The lowest BCUT2D eigenvalue weighted by molar-refractivity contribution is -0.174. The van der Waals surface area contributed by atoms with Crippen LogP contribution < -0.4 is 0 Å². The Morgan fingerprint density at radius 3 is 2.90 bits per heavy atom. The maximum atomic E-state index is 12.1. The number of aliphatic carboxylic acids is 1. The first-order chi connectivity index (χ1) is 10.1.